The van der Waals surface area contributed by atoms with Crippen molar-refractivity contribution >= 4 is 27.0 Å². The van der Waals surface area contributed by atoms with Gasteiger partial charge in [-0.15, -0.1) is 0 Å². The fourth-order valence-electron chi connectivity index (χ4n) is 2.15. The van der Waals surface area contributed by atoms with Gasteiger partial charge in [0.1, 0.15) is 11.6 Å². The summed E-state index contributed by atoms with van der Waals surface area (Å²) in [6.45, 7) is 2.09. The molecule has 1 aromatic heterocycles. The van der Waals surface area contributed by atoms with E-state index >= 15 is 0 Å². The topological polar surface area (TPSA) is 17.8 Å². The number of fused-ring (bicyclic) bond motifs is 1. The summed E-state index contributed by atoms with van der Waals surface area (Å²) in [7, 11) is 0. The molecule has 3 rings (SSSR count). The molecule has 2 aromatic rings. The van der Waals surface area contributed by atoms with Gasteiger partial charge in [0.2, 0.25) is 0 Å². The van der Waals surface area contributed by atoms with Crippen molar-refractivity contribution in [1.82, 2.24) is 9.55 Å². The van der Waals surface area contributed by atoms with Crippen molar-refractivity contribution in [2.24, 2.45) is 0 Å². The lowest BCUT2D eigenvalue weighted by Crippen LogP contribution is -2.00. The third-order valence-corrected chi connectivity index (χ3v) is 3.80. The maximum absolute atomic E-state index is 13.5. The van der Waals surface area contributed by atoms with Crippen LogP contribution in [-0.2, 0) is 6.42 Å². The molecular formula is C12H12BrFN2. The number of benzene rings is 1. The summed E-state index contributed by atoms with van der Waals surface area (Å²) in [5, 5.41) is 0. The molecule has 1 heterocycles. The van der Waals surface area contributed by atoms with Crippen molar-refractivity contribution in [3.05, 3.63) is 28.2 Å². The summed E-state index contributed by atoms with van der Waals surface area (Å²) in [5.74, 6) is 0.848. The van der Waals surface area contributed by atoms with Crippen molar-refractivity contribution in [3.63, 3.8) is 0 Å². The number of rotatable bonds is 2. The highest BCUT2D eigenvalue weighted by atomic mass is 79.9. The van der Waals surface area contributed by atoms with Crippen LogP contribution in [0.1, 0.15) is 31.6 Å². The number of nitrogens with zero attached hydrogens (tertiary/aromatic N) is 2. The Morgan fingerprint density at radius 2 is 2.25 bits per heavy atom. The van der Waals surface area contributed by atoms with Crippen molar-refractivity contribution in [1.29, 1.82) is 0 Å². The number of aryl methyl sites for hydroxylation is 1. The molecule has 4 heteroatoms. The zero-order valence-corrected chi connectivity index (χ0v) is 10.6. The van der Waals surface area contributed by atoms with Gasteiger partial charge in [-0.2, -0.15) is 0 Å². The average molecular weight is 283 g/mol. The van der Waals surface area contributed by atoms with Crippen molar-refractivity contribution in [2.75, 3.05) is 0 Å². The summed E-state index contributed by atoms with van der Waals surface area (Å²) in [6.07, 6.45) is 3.25. The molecule has 0 radical (unpaired) electrons. The first kappa shape index (κ1) is 10.3. The Morgan fingerprint density at radius 3 is 2.88 bits per heavy atom. The lowest BCUT2D eigenvalue weighted by atomic mass is 10.3. The van der Waals surface area contributed by atoms with Crippen molar-refractivity contribution in [2.45, 2.75) is 32.2 Å². The monoisotopic (exact) mass is 282 g/mol. The first-order valence-electron chi connectivity index (χ1n) is 5.57. The molecule has 0 unspecified atom stereocenters. The highest BCUT2D eigenvalue weighted by molar-refractivity contribution is 9.10. The van der Waals surface area contributed by atoms with E-state index in [2.05, 4.69) is 32.4 Å². The van der Waals surface area contributed by atoms with E-state index in [0.29, 0.717) is 10.5 Å². The van der Waals surface area contributed by atoms with Gasteiger partial charge in [0.15, 0.2) is 0 Å². The lowest BCUT2D eigenvalue weighted by Gasteiger charge is -2.07. The SMILES string of the molecule is CCc1nc2ccc(F)c(Br)c2n1C1CC1. The van der Waals surface area contributed by atoms with Crippen LogP contribution in [0.5, 0.6) is 0 Å². The second-order valence-corrected chi connectivity index (χ2v) is 5.00. The minimum absolute atomic E-state index is 0.211. The number of halogens is 2. The molecule has 84 valence electrons. The third kappa shape index (κ3) is 1.39. The maximum atomic E-state index is 13.5. The average Bonchev–Trinajstić information content (AvgIpc) is 3.04. The second kappa shape index (κ2) is 3.55. The van der Waals surface area contributed by atoms with E-state index in [1.807, 2.05) is 0 Å². The molecule has 16 heavy (non-hydrogen) atoms. The summed E-state index contributed by atoms with van der Waals surface area (Å²) in [5.41, 5.74) is 1.80. The fraction of sp³-hybridized carbons (Fsp3) is 0.417. The highest BCUT2D eigenvalue weighted by Gasteiger charge is 2.28. The zero-order valence-electron chi connectivity index (χ0n) is 9.00. The smallest absolute Gasteiger partial charge is 0.139 e. The van der Waals surface area contributed by atoms with Gasteiger partial charge < -0.3 is 4.57 Å². The van der Waals surface area contributed by atoms with Gasteiger partial charge in [0.25, 0.3) is 0 Å². The lowest BCUT2D eigenvalue weighted by molar-refractivity contribution is 0.620. The predicted octanol–water partition coefficient (Wildman–Crippen LogP) is 3.84. The molecule has 1 aliphatic carbocycles. The predicted molar refractivity (Wildman–Crippen MR) is 65.0 cm³/mol. The minimum atomic E-state index is -0.211. The Kier molecular flexibility index (Phi) is 2.28. The number of hydrogen-bond donors (Lipinski definition) is 0. The van der Waals surface area contributed by atoms with Crippen LogP contribution < -0.4 is 0 Å². The molecule has 2 nitrogen and oxygen atoms in total. The van der Waals surface area contributed by atoms with Crippen LogP contribution in [0, 0.1) is 5.82 Å². The summed E-state index contributed by atoms with van der Waals surface area (Å²) in [4.78, 5) is 4.56. The van der Waals surface area contributed by atoms with E-state index in [0.717, 1.165) is 23.3 Å². The van der Waals surface area contributed by atoms with Gasteiger partial charge in [-0.05, 0) is 40.9 Å². The molecule has 0 aliphatic heterocycles. The van der Waals surface area contributed by atoms with Gasteiger partial charge in [-0.3, -0.25) is 0 Å². The van der Waals surface area contributed by atoms with E-state index in [-0.39, 0.29) is 5.82 Å². The molecule has 0 bridgehead atoms. The molecule has 0 spiro atoms. The summed E-state index contributed by atoms with van der Waals surface area (Å²) < 4.78 is 16.3. The Balaban J connectivity index is 2.37. The van der Waals surface area contributed by atoms with Crippen LogP contribution in [0.4, 0.5) is 4.39 Å². The zero-order chi connectivity index (χ0) is 11.3. The molecule has 1 aliphatic rings. The van der Waals surface area contributed by atoms with Crippen molar-refractivity contribution < 1.29 is 4.39 Å². The quantitative estimate of drug-likeness (QED) is 0.819. The van der Waals surface area contributed by atoms with Gasteiger partial charge in [-0.1, -0.05) is 6.92 Å². The van der Waals surface area contributed by atoms with E-state index in [1.165, 1.54) is 18.9 Å². The molecule has 0 N–H and O–H groups in total. The van der Waals surface area contributed by atoms with E-state index < -0.39 is 0 Å². The van der Waals surface area contributed by atoms with Crippen LogP contribution >= 0.6 is 15.9 Å². The number of aromatic nitrogens is 2. The van der Waals surface area contributed by atoms with Gasteiger partial charge in [0, 0.05) is 12.5 Å². The largest absolute Gasteiger partial charge is 0.324 e. The fourth-order valence-corrected chi connectivity index (χ4v) is 2.67. The Morgan fingerprint density at radius 1 is 1.50 bits per heavy atom. The van der Waals surface area contributed by atoms with Gasteiger partial charge >= 0.3 is 0 Å². The summed E-state index contributed by atoms with van der Waals surface area (Å²) >= 11 is 3.33. The van der Waals surface area contributed by atoms with Gasteiger partial charge in [0.05, 0.1) is 15.5 Å². The van der Waals surface area contributed by atoms with E-state index in [1.54, 1.807) is 6.07 Å². The minimum Gasteiger partial charge on any atom is -0.324 e. The first-order valence-corrected chi connectivity index (χ1v) is 6.36. The van der Waals surface area contributed by atoms with Crippen LogP contribution in [0.15, 0.2) is 16.6 Å². The van der Waals surface area contributed by atoms with Crippen molar-refractivity contribution in [3.8, 4) is 0 Å². The Bertz CT molecular complexity index is 558. The molecule has 0 atom stereocenters. The molecule has 1 aromatic carbocycles. The van der Waals surface area contributed by atoms with E-state index in [9.17, 15) is 4.39 Å². The standard InChI is InChI=1S/C12H12BrFN2/c1-2-10-15-9-6-5-8(14)11(13)12(9)16(10)7-3-4-7/h5-7H,2-4H2,1H3. The summed E-state index contributed by atoms with van der Waals surface area (Å²) in [6, 6.07) is 3.75. The number of hydrogen-bond acceptors (Lipinski definition) is 1. The van der Waals surface area contributed by atoms with Crippen LogP contribution in [0.3, 0.4) is 0 Å². The molecule has 1 saturated carbocycles. The highest BCUT2D eigenvalue weighted by Crippen LogP contribution is 2.41. The van der Waals surface area contributed by atoms with Crippen LogP contribution in [0.25, 0.3) is 11.0 Å². The van der Waals surface area contributed by atoms with Crippen LogP contribution in [0.2, 0.25) is 0 Å². The first-order chi connectivity index (χ1) is 7.72. The van der Waals surface area contributed by atoms with Gasteiger partial charge in [-0.25, -0.2) is 9.37 Å². The second-order valence-electron chi connectivity index (χ2n) is 4.21. The number of imidazole rings is 1. The third-order valence-electron chi connectivity index (χ3n) is 3.04. The molecule has 0 saturated heterocycles. The molecule has 0 amide bonds. The molecular weight excluding hydrogens is 271 g/mol. The Hall–Kier alpha value is -0.900. The van der Waals surface area contributed by atoms with Crippen LogP contribution in [-0.4, -0.2) is 9.55 Å². The maximum Gasteiger partial charge on any atom is 0.139 e. The van der Waals surface area contributed by atoms with E-state index in [4.69, 9.17) is 0 Å². The normalized spacial score (nSPS) is 15.9. The molecule has 1 fully saturated rings. The Labute approximate surface area is 102 Å².